The maximum Gasteiger partial charge on any atom is 0.186 e. The lowest BCUT2D eigenvalue weighted by molar-refractivity contribution is 0.112. The van der Waals surface area contributed by atoms with Gasteiger partial charge in [-0.3, -0.25) is 9.89 Å². The van der Waals surface area contributed by atoms with Crippen molar-refractivity contribution in [3.8, 4) is 51.2 Å². The molecule has 0 aliphatic heterocycles. The van der Waals surface area contributed by atoms with Crippen LogP contribution in [0, 0.1) is 0 Å². The lowest BCUT2D eigenvalue weighted by atomic mass is 10.1. The molecular weight excluding hydrogens is 681 g/mol. The first-order chi connectivity index (χ1) is 26.5. The van der Waals surface area contributed by atoms with Gasteiger partial charge in [-0.05, 0) is 97.1 Å². The molecule has 0 fully saturated rings. The number of fused-ring (bicyclic) bond motifs is 2. The standard InChI is InChI=1S/C24H17N5O2.C17H13N5O/c25-23-21-22(17-8-12-20(13-9-17)31-19-4-2-1-3-5-19)28-29(24(21)27-15-26-23)18-10-6-16(14-30)7-11-18;18-16-14-15(21-22-17(14)20-10-19-16)11-6-8-13(9-7-11)23-12-4-2-1-3-5-12/h1-15H,(H2,25,26,27);1-10H,(H3,18,19,20,21,22). The van der Waals surface area contributed by atoms with Crippen molar-refractivity contribution in [2.75, 3.05) is 11.5 Å². The summed E-state index contributed by atoms with van der Waals surface area (Å²) in [5.74, 6) is 3.79. The predicted molar refractivity (Wildman–Crippen MR) is 206 cm³/mol. The highest BCUT2D eigenvalue weighted by Crippen LogP contribution is 2.34. The van der Waals surface area contributed by atoms with Crippen LogP contribution in [0.1, 0.15) is 10.4 Å². The van der Waals surface area contributed by atoms with Gasteiger partial charge in [0, 0.05) is 16.7 Å². The number of aromatic amines is 1. The Labute approximate surface area is 307 Å². The zero-order valence-corrected chi connectivity index (χ0v) is 28.4. The van der Waals surface area contributed by atoms with Crippen LogP contribution in [-0.2, 0) is 0 Å². The highest BCUT2D eigenvalue weighted by molar-refractivity contribution is 5.99. The fraction of sp³-hybridized carbons (Fsp3) is 0. The number of benzene rings is 5. The van der Waals surface area contributed by atoms with Gasteiger partial charge in [-0.2, -0.15) is 10.2 Å². The summed E-state index contributed by atoms with van der Waals surface area (Å²) in [5.41, 5.74) is 17.9. The molecule has 4 aromatic heterocycles. The summed E-state index contributed by atoms with van der Waals surface area (Å²) in [6.07, 6.45) is 3.62. The van der Waals surface area contributed by atoms with Crippen molar-refractivity contribution in [2.24, 2.45) is 0 Å². The minimum absolute atomic E-state index is 0.348. The molecule has 5 aromatic carbocycles. The molecule has 0 radical (unpaired) electrons. The van der Waals surface area contributed by atoms with Crippen molar-refractivity contribution in [3.63, 3.8) is 0 Å². The average molecular weight is 711 g/mol. The Balaban J connectivity index is 0.000000160. The van der Waals surface area contributed by atoms with Crippen molar-refractivity contribution in [3.05, 3.63) is 152 Å². The minimum atomic E-state index is 0.348. The van der Waals surface area contributed by atoms with Crippen LogP contribution in [0.3, 0.4) is 0 Å². The van der Waals surface area contributed by atoms with Crippen molar-refractivity contribution in [1.82, 2.24) is 39.9 Å². The molecule has 0 aliphatic carbocycles. The number of hydrogen-bond donors (Lipinski definition) is 3. The maximum atomic E-state index is 11.0. The third kappa shape index (κ3) is 6.87. The van der Waals surface area contributed by atoms with E-state index >= 15 is 0 Å². The number of aldehydes is 1. The first kappa shape index (κ1) is 33.2. The molecule has 0 saturated heterocycles. The highest BCUT2D eigenvalue weighted by Gasteiger charge is 2.18. The van der Waals surface area contributed by atoms with E-state index in [1.54, 1.807) is 16.8 Å². The third-order valence-electron chi connectivity index (χ3n) is 8.38. The number of ether oxygens (including phenoxy) is 2. The summed E-state index contributed by atoms with van der Waals surface area (Å²) in [5, 5.41) is 13.3. The van der Waals surface area contributed by atoms with E-state index in [1.165, 1.54) is 12.7 Å². The summed E-state index contributed by atoms with van der Waals surface area (Å²) in [6, 6.07) is 41.6. The summed E-state index contributed by atoms with van der Waals surface area (Å²) in [6.45, 7) is 0. The maximum absolute atomic E-state index is 11.0. The van der Waals surface area contributed by atoms with Gasteiger partial charge in [0.2, 0.25) is 0 Å². The Kier molecular flexibility index (Phi) is 9.07. The fourth-order valence-corrected chi connectivity index (χ4v) is 5.76. The van der Waals surface area contributed by atoms with Crippen LogP contribution in [0.2, 0.25) is 0 Å². The number of nitrogens with two attached hydrogens (primary N) is 2. The summed E-state index contributed by atoms with van der Waals surface area (Å²) < 4.78 is 13.4. The molecule has 9 aromatic rings. The van der Waals surface area contributed by atoms with Crippen molar-refractivity contribution < 1.29 is 14.3 Å². The summed E-state index contributed by atoms with van der Waals surface area (Å²) in [4.78, 5) is 27.6. The average Bonchev–Trinajstić information content (AvgIpc) is 3.84. The second-order valence-electron chi connectivity index (χ2n) is 11.9. The quantitative estimate of drug-likeness (QED) is 0.130. The second-order valence-corrected chi connectivity index (χ2v) is 11.9. The Hall–Kier alpha value is -7.93. The Morgan fingerprint density at radius 2 is 1.11 bits per heavy atom. The normalized spacial score (nSPS) is 10.8. The molecule has 0 aliphatic rings. The molecule has 0 bridgehead atoms. The Morgan fingerprint density at radius 3 is 1.70 bits per heavy atom. The third-order valence-corrected chi connectivity index (χ3v) is 8.38. The van der Waals surface area contributed by atoms with Crippen LogP contribution in [0.25, 0.3) is 50.3 Å². The van der Waals surface area contributed by atoms with Crippen molar-refractivity contribution in [2.45, 2.75) is 0 Å². The van der Waals surface area contributed by atoms with E-state index in [-0.39, 0.29) is 0 Å². The number of nitrogens with one attached hydrogen (secondary N) is 1. The van der Waals surface area contributed by atoms with Crippen LogP contribution >= 0.6 is 0 Å². The Bertz CT molecular complexity index is 2680. The second kappa shape index (κ2) is 14.7. The number of para-hydroxylation sites is 2. The molecule has 0 unspecified atom stereocenters. The molecule has 4 heterocycles. The number of nitrogens with zero attached hydrogens (tertiary/aromatic N) is 7. The SMILES string of the molecule is Nc1ncnc2c1c(-c1ccc(Oc3ccccc3)cc1)nn2-c1ccc(C=O)cc1.Nc1ncnc2n[nH]c(-c3ccc(Oc4ccccc4)cc3)c12. The number of H-pyrrole nitrogens is 1. The van der Waals surface area contributed by atoms with Crippen LogP contribution < -0.4 is 20.9 Å². The van der Waals surface area contributed by atoms with Gasteiger partial charge >= 0.3 is 0 Å². The van der Waals surface area contributed by atoms with Gasteiger partial charge in [0.05, 0.1) is 22.2 Å². The molecule has 9 rings (SSSR count). The topological polar surface area (TPSA) is 186 Å². The number of nitrogen functional groups attached to an aromatic ring is 2. The smallest absolute Gasteiger partial charge is 0.186 e. The summed E-state index contributed by atoms with van der Waals surface area (Å²) in [7, 11) is 0. The molecule has 0 atom stereocenters. The highest BCUT2D eigenvalue weighted by atomic mass is 16.5. The zero-order chi connectivity index (χ0) is 36.9. The van der Waals surface area contributed by atoms with Gasteiger partial charge < -0.3 is 20.9 Å². The number of carbonyl (C=O) groups is 1. The molecule has 13 heteroatoms. The summed E-state index contributed by atoms with van der Waals surface area (Å²) >= 11 is 0. The van der Waals surface area contributed by atoms with Gasteiger partial charge in [-0.1, -0.05) is 36.4 Å². The fourth-order valence-electron chi connectivity index (χ4n) is 5.76. The number of anilines is 2. The van der Waals surface area contributed by atoms with E-state index < -0.39 is 0 Å². The van der Waals surface area contributed by atoms with E-state index in [0.29, 0.717) is 45.3 Å². The molecular formula is C41H30N10O3. The molecule has 0 spiro atoms. The predicted octanol–water partition coefficient (Wildman–Crippen LogP) is 8.06. The van der Waals surface area contributed by atoms with Gasteiger partial charge in [-0.25, -0.2) is 24.6 Å². The van der Waals surface area contributed by atoms with Gasteiger partial charge in [0.1, 0.15) is 59.3 Å². The lowest BCUT2D eigenvalue weighted by Gasteiger charge is -2.06. The van der Waals surface area contributed by atoms with Crippen LogP contribution in [-0.4, -0.2) is 46.2 Å². The number of carbonyl (C=O) groups excluding carboxylic acids is 1. The van der Waals surface area contributed by atoms with Crippen LogP contribution in [0.4, 0.5) is 11.6 Å². The van der Waals surface area contributed by atoms with Gasteiger partial charge in [-0.15, -0.1) is 0 Å². The van der Waals surface area contributed by atoms with Crippen LogP contribution in [0.15, 0.2) is 146 Å². The monoisotopic (exact) mass is 710 g/mol. The first-order valence-electron chi connectivity index (χ1n) is 16.7. The van der Waals surface area contributed by atoms with E-state index in [2.05, 4.69) is 30.1 Å². The first-order valence-corrected chi connectivity index (χ1v) is 16.7. The number of rotatable bonds is 8. The zero-order valence-electron chi connectivity index (χ0n) is 28.4. The largest absolute Gasteiger partial charge is 0.457 e. The van der Waals surface area contributed by atoms with Gasteiger partial charge in [0.15, 0.2) is 11.3 Å². The molecule has 262 valence electrons. The molecule has 0 saturated carbocycles. The van der Waals surface area contributed by atoms with E-state index in [1.807, 2.05) is 121 Å². The molecule has 13 nitrogen and oxygen atoms in total. The number of hydrogen-bond acceptors (Lipinski definition) is 11. The molecule has 54 heavy (non-hydrogen) atoms. The number of aromatic nitrogens is 8. The molecule has 5 N–H and O–H groups in total. The van der Waals surface area contributed by atoms with Crippen LogP contribution in [0.5, 0.6) is 23.0 Å². The molecule has 0 amide bonds. The van der Waals surface area contributed by atoms with Gasteiger partial charge in [0.25, 0.3) is 0 Å². The minimum Gasteiger partial charge on any atom is -0.457 e. The van der Waals surface area contributed by atoms with E-state index in [9.17, 15) is 4.79 Å². The van der Waals surface area contributed by atoms with Crippen molar-refractivity contribution in [1.29, 1.82) is 0 Å². The Morgan fingerprint density at radius 1 is 0.574 bits per heavy atom. The lowest BCUT2D eigenvalue weighted by Crippen LogP contribution is -1.99. The van der Waals surface area contributed by atoms with E-state index in [4.69, 9.17) is 26.0 Å². The van der Waals surface area contributed by atoms with E-state index in [0.717, 1.165) is 51.4 Å². The van der Waals surface area contributed by atoms with Crippen molar-refractivity contribution >= 4 is 40.0 Å².